The third-order valence-electron chi connectivity index (χ3n) is 4.60. The zero-order chi connectivity index (χ0) is 17.8. The highest BCUT2D eigenvalue weighted by Crippen LogP contribution is 2.14. The Morgan fingerprint density at radius 2 is 1.92 bits per heavy atom. The van der Waals surface area contributed by atoms with Crippen LogP contribution >= 0.6 is 0 Å². The number of carbonyl (C=O) groups is 2. The molecule has 0 saturated carbocycles. The number of aromatic nitrogens is 1. The largest absolute Gasteiger partial charge is 0.347 e. The van der Waals surface area contributed by atoms with E-state index in [1.54, 1.807) is 13.0 Å². The van der Waals surface area contributed by atoms with Gasteiger partial charge in [0, 0.05) is 24.2 Å². The first kappa shape index (κ1) is 17.2. The fourth-order valence-electron chi connectivity index (χ4n) is 3.15. The van der Waals surface area contributed by atoms with Gasteiger partial charge in [0.25, 0.3) is 5.56 Å². The number of pyridine rings is 1. The van der Waals surface area contributed by atoms with Crippen molar-refractivity contribution < 1.29 is 9.59 Å². The normalized spacial score (nSPS) is 14.5. The Hall–Kier alpha value is -2.63. The molecule has 1 aromatic carbocycles. The number of benzene rings is 1. The van der Waals surface area contributed by atoms with E-state index in [1.165, 1.54) is 6.42 Å². The third-order valence-corrected chi connectivity index (χ3v) is 4.60. The van der Waals surface area contributed by atoms with Crippen LogP contribution in [0, 0.1) is 6.92 Å². The summed E-state index contributed by atoms with van der Waals surface area (Å²) in [7, 11) is 0. The molecule has 0 unspecified atom stereocenters. The van der Waals surface area contributed by atoms with Crippen molar-refractivity contribution in [3.05, 3.63) is 45.7 Å². The van der Waals surface area contributed by atoms with Crippen molar-refractivity contribution in [3.63, 3.8) is 0 Å². The molecular weight excluding hydrogens is 318 g/mol. The molecule has 0 aliphatic carbocycles. The third kappa shape index (κ3) is 4.26. The molecule has 132 valence electrons. The van der Waals surface area contributed by atoms with E-state index in [9.17, 15) is 14.4 Å². The molecule has 0 bridgehead atoms. The van der Waals surface area contributed by atoms with E-state index in [4.69, 9.17) is 0 Å². The topological polar surface area (TPSA) is 82.3 Å². The van der Waals surface area contributed by atoms with Gasteiger partial charge in [0.1, 0.15) is 0 Å². The number of likely N-dealkylation sites (tertiary alicyclic amines) is 1. The van der Waals surface area contributed by atoms with Crippen LogP contribution in [0.3, 0.4) is 0 Å². The fourth-order valence-corrected chi connectivity index (χ4v) is 3.15. The lowest BCUT2D eigenvalue weighted by atomic mass is 10.1. The highest BCUT2D eigenvalue weighted by Gasteiger charge is 2.16. The molecule has 2 heterocycles. The van der Waals surface area contributed by atoms with Crippen molar-refractivity contribution >= 4 is 22.7 Å². The number of aryl methyl sites for hydroxylation is 1. The second kappa shape index (κ2) is 7.51. The molecule has 1 aliphatic rings. The Labute approximate surface area is 146 Å². The number of fused-ring (bicyclic) bond motifs is 1. The van der Waals surface area contributed by atoms with Gasteiger partial charge in [-0.1, -0.05) is 6.07 Å². The van der Waals surface area contributed by atoms with E-state index in [-0.39, 0.29) is 30.3 Å². The molecule has 1 aromatic heterocycles. The van der Waals surface area contributed by atoms with Crippen LogP contribution in [0.5, 0.6) is 0 Å². The molecule has 2 N–H and O–H groups in total. The number of piperidine rings is 1. The van der Waals surface area contributed by atoms with Gasteiger partial charge in [-0.3, -0.25) is 14.4 Å². The minimum absolute atomic E-state index is 0.0141. The van der Waals surface area contributed by atoms with Crippen LogP contribution in [0.1, 0.15) is 30.4 Å². The molecule has 0 atom stereocenters. The summed E-state index contributed by atoms with van der Waals surface area (Å²) >= 11 is 0. The lowest BCUT2D eigenvalue weighted by Gasteiger charge is -2.26. The smallest absolute Gasteiger partial charge is 0.251 e. The highest BCUT2D eigenvalue weighted by atomic mass is 16.2. The maximum atomic E-state index is 12.1. The molecule has 1 fully saturated rings. The van der Waals surface area contributed by atoms with Crippen molar-refractivity contribution in [2.24, 2.45) is 0 Å². The Bertz CT molecular complexity index is 851. The zero-order valence-electron chi connectivity index (χ0n) is 14.4. The van der Waals surface area contributed by atoms with Gasteiger partial charge < -0.3 is 15.2 Å². The molecule has 1 aliphatic heterocycles. The number of aromatic amines is 1. The van der Waals surface area contributed by atoms with E-state index < -0.39 is 0 Å². The quantitative estimate of drug-likeness (QED) is 0.884. The van der Waals surface area contributed by atoms with Crippen molar-refractivity contribution in [2.45, 2.75) is 32.6 Å². The summed E-state index contributed by atoms with van der Waals surface area (Å²) in [6, 6.07) is 7.33. The lowest BCUT2D eigenvalue weighted by Crippen LogP contribution is -2.42. The number of hydrogen-bond donors (Lipinski definition) is 2. The van der Waals surface area contributed by atoms with Gasteiger partial charge in [0.15, 0.2) is 0 Å². The number of H-pyrrole nitrogens is 1. The van der Waals surface area contributed by atoms with Gasteiger partial charge in [-0.2, -0.15) is 0 Å². The van der Waals surface area contributed by atoms with Crippen LogP contribution in [0.4, 0.5) is 0 Å². The van der Waals surface area contributed by atoms with Crippen LogP contribution in [0.15, 0.2) is 29.1 Å². The summed E-state index contributed by atoms with van der Waals surface area (Å²) in [5.74, 6) is -0.189. The predicted molar refractivity (Wildman–Crippen MR) is 96.5 cm³/mol. The second-order valence-corrected chi connectivity index (χ2v) is 6.60. The molecular formula is C19H23N3O3. The molecule has 6 nitrogen and oxygen atoms in total. The highest BCUT2D eigenvalue weighted by molar-refractivity contribution is 5.87. The first-order chi connectivity index (χ1) is 12.0. The SMILES string of the molecule is Cc1cc2cc(CC(=O)NCC(=O)N3CCCCC3)ccc2[nH]c1=O. The molecule has 2 amide bonds. The van der Waals surface area contributed by atoms with Crippen molar-refractivity contribution in [1.29, 1.82) is 0 Å². The van der Waals surface area contributed by atoms with Crippen LogP contribution < -0.4 is 10.9 Å². The van der Waals surface area contributed by atoms with Crippen molar-refractivity contribution in [3.8, 4) is 0 Å². The average Bonchev–Trinajstić information content (AvgIpc) is 2.61. The van der Waals surface area contributed by atoms with Crippen LogP contribution in [0.25, 0.3) is 10.9 Å². The summed E-state index contributed by atoms with van der Waals surface area (Å²) in [5, 5.41) is 3.60. The number of carbonyl (C=O) groups excluding carboxylic acids is 2. The molecule has 1 saturated heterocycles. The minimum atomic E-state index is -0.175. The molecule has 0 spiro atoms. The van der Waals surface area contributed by atoms with E-state index in [1.807, 2.05) is 23.1 Å². The monoisotopic (exact) mass is 341 g/mol. The first-order valence-corrected chi connectivity index (χ1v) is 8.70. The van der Waals surface area contributed by atoms with Crippen LogP contribution in [0.2, 0.25) is 0 Å². The zero-order valence-corrected chi connectivity index (χ0v) is 14.4. The van der Waals surface area contributed by atoms with E-state index in [0.29, 0.717) is 5.56 Å². The summed E-state index contributed by atoms with van der Waals surface area (Å²) in [6.07, 6.45) is 3.46. The average molecular weight is 341 g/mol. The summed E-state index contributed by atoms with van der Waals surface area (Å²) in [5.41, 5.74) is 2.14. The maximum Gasteiger partial charge on any atom is 0.251 e. The standard InChI is InChI=1S/C19H23N3O3/c1-13-9-15-10-14(5-6-16(15)21-19(13)25)11-17(23)20-12-18(24)22-7-3-2-4-8-22/h5-6,9-10H,2-4,7-8,11-12H2,1H3,(H,20,23)(H,21,25). The van der Waals surface area contributed by atoms with Gasteiger partial charge in [-0.25, -0.2) is 0 Å². The molecule has 25 heavy (non-hydrogen) atoms. The van der Waals surface area contributed by atoms with Gasteiger partial charge in [-0.15, -0.1) is 0 Å². The van der Waals surface area contributed by atoms with E-state index >= 15 is 0 Å². The molecule has 6 heteroatoms. The van der Waals surface area contributed by atoms with E-state index in [2.05, 4.69) is 10.3 Å². The lowest BCUT2D eigenvalue weighted by molar-refractivity contribution is -0.133. The second-order valence-electron chi connectivity index (χ2n) is 6.60. The first-order valence-electron chi connectivity index (χ1n) is 8.70. The van der Waals surface area contributed by atoms with E-state index in [0.717, 1.165) is 42.4 Å². The number of hydrogen-bond acceptors (Lipinski definition) is 3. The minimum Gasteiger partial charge on any atom is -0.347 e. The van der Waals surface area contributed by atoms with Crippen LogP contribution in [-0.2, 0) is 16.0 Å². The summed E-state index contributed by atoms with van der Waals surface area (Å²) in [4.78, 5) is 40.4. The van der Waals surface area contributed by atoms with Crippen molar-refractivity contribution in [2.75, 3.05) is 19.6 Å². The Morgan fingerprint density at radius 3 is 2.68 bits per heavy atom. The van der Waals surface area contributed by atoms with Gasteiger partial charge in [0.2, 0.25) is 11.8 Å². The number of amides is 2. The summed E-state index contributed by atoms with van der Waals surface area (Å²) < 4.78 is 0. The fraction of sp³-hybridized carbons (Fsp3) is 0.421. The van der Waals surface area contributed by atoms with Gasteiger partial charge >= 0.3 is 0 Å². The molecule has 2 aromatic rings. The number of nitrogens with zero attached hydrogens (tertiary/aromatic N) is 1. The van der Waals surface area contributed by atoms with Gasteiger partial charge in [0.05, 0.1) is 13.0 Å². The Kier molecular flexibility index (Phi) is 5.16. The molecule has 3 rings (SSSR count). The maximum absolute atomic E-state index is 12.1. The number of rotatable bonds is 4. The Morgan fingerprint density at radius 1 is 1.16 bits per heavy atom. The predicted octanol–water partition coefficient (Wildman–Crippen LogP) is 1.51. The summed E-state index contributed by atoms with van der Waals surface area (Å²) in [6.45, 7) is 3.39. The Balaban J connectivity index is 1.59. The molecule has 0 radical (unpaired) electrons. The van der Waals surface area contributed by atoms with Crippen molar-refractivity contribution in [1.82, 2.24) is 15.2 Å². The van der Waals surface area contributed by atoms with Gasteiger partial charge in [-0.05, 0) is 55.3 Å². The number of nitrogens with one attached hydrogen (secondary N) is 2. The van der Waals surface area contributed by atoms with Crippen LogP contribution in [-0.4, -0.2) is 41.3 Å².